The van der Waals surface area contributed by atoms with Crippen LogP contribution in [0.25, 0.3) is 64.7 Å². The Morgan fingerprint density at radius 1 is 0.419 bits per heavy atom. The fraction of sp³-hybridized carbons (Fsp3) is 0.175. The van der Waals surface area contributed by atoms with Crippen LogP contribution in [0.5, 0.6) is 0 Å². The smallest absolute Gasteiger partial charge is 0.264 e. The second kappa shape index (κ2) is 18.7. The zero-order chi connectivity index (χ0) is 58.9. The molecule has 0 N–H and O–H groups in total. The third-order valence-corrected chi connectivity index (χ3v) is 24.2. The van der Waals surface area contributed by atoms with Gasteiger partial charge in [-0.05, 0) is 177 Å². The van der Waals surface area contributed by atoms with Gasteiger partial charge in [-0.15, -0.1) is 11.3 Å². The molecule has 0 fully saturated rings. The molecule has 16 rings (SSSR count). The number of fused-ring (bicyclic) bond motifs is 9. The molecular formula is C80H70BN3SSi. The quantitative estimate of drug-likeness (QED) is 0.121. The van der Waals surface area contributed by atoms with Crippen molar-refractivity contribution in [2.24, 2.45) is 0 Å². The first-order valence-electron chi connectivity index (χ1n) is 30.8. The summed E-state index contributed by atoms with van der Waals surface area (Å²) in [6.45, 7) is 26.0. The van der Waals surface area contributed by atoms with Gasteiger partial charge in [-0.2, -0.15) is 0 Å². The van der Waals surface area contributed by atoms with Gasteiger partial charge in [0.1, 0.15) is 8.07 Å². The van der Waals surface area contributed by atoms with Crippen LogP contribution >= 0.6 is 11.3 Å². The predicted molar refractivity (Wildman–Crippen MR) is 378 cm³/mol. The summed E-state index contributed by atoms with van der Waals surface area (Å²) in [6.07, 6.45) is 0. The van der Waals surface area contributed by atoms with Gasteiger partial charge in [0.05, 0.1) is 17.1 Å². The molecule has 3 aliphatic rings. The predicted octanol–water partition coefficient (Wildman–Crippen LogP) is 19.7. The largest absolute Gasteiger partial charge is 0.311 e. The Hall–Kier alpha value is -8.68. The molecular weight excluding hydrogens is 1070 g/mol. The Kier molecular flexibility index (Phi) is 11.5. The van der Waals surface area contributed by atoms with E-state index in [0.29, 0.717) is 0 Å². The van der Waals surface area contributed by atoms with Crippen LogP contribution in [0.2, 0.25) is 13.1 Å². The number of hydrogen-bond donors (Lipinski definition) is 0. The fourth-order valence-electron chi connectivity index (χ4n) is 15.0. The number of thiophene rings is 1. The molecule has 0 radical (unpaired) electrons. The molecule has 3 nitrogen and oxygen atoms in total. The van der Waals surface area contributed by atoms with Crippen molar-refractivity contribution in [2.45, 2.75) is 91.7 Å². The molecule has 418 valence electrons. The molecule has 4 heterocycles. The average Bonchev–Trinajstić information content (AvgIpc) is 1.22. The molecule has 13 aromatic rings. The Balaban J connectivity index is 1.01. The van der Waals surface area contributed by atoms with Crippen LogP contribution in [0.4, 0.5) is 51.2 Å². The molecule has 0 saturated heterocycles. The van der Waals surface area contributed by atoms with Crippen LogP contribution in [0.3, 0.4) is 0 Å². The SMILES string of the molecule is CC(C)(C)c1ccc(N2c3cccc4c3B(c3ccc(N(c5ccccc5)c5cccc6c5-c5ccccc5[Si]6(C)C)cc3N4c3ccc(C(C)(C)C)cc3-c3ccc4ccc5cccc6ccc3c4c56)c3sc4ccc(C(C)(C)C)cc4c32)cc1. The minimum absolute atomic E-state index is 0.0107. The fourth-order valence-corrected chi connectivity index (χ4v) is 19.3. The number of rotatable bonds is 6. The van der Waals surface area contributed by atoms with Crippen molar-refractivity contribution < 1.29 is 0 Å². The molecule has 0 atom stereocenters. The third kappa shape index (κ3) is 7.84. The van der Waals surface area contributed by atoms with E-state index in [1.165, 1.54) is 142 Å². The minimum atomic E-state index is -2.03. The van der Waals surface area contributed by atoms with Crippen LogP contribution < -0.4 is 40.8 Å². The first kappa shape index (κ1) is 52.8. The summed E-state index contributed by atoms with van der Waals surface area (Å²) in [4.78, 5) is 7.86. The van der Waals surface area contributed by atoms with Gasteiger partial charge in [-0.1, -0.05) is 221 Å². The monoisotopic (exact) mass is 1140 g/mol. The number of benzene rings is 12. The second-order valence-electron chi connectivity index (χ2n) is 28.1. The summed E-state index contributed by atoms with van der Waals surface area (Å²) in [5.74, 6) is 0. The van der Waals surface area contributed by atoms with Gasteiger partial charge in [-0.3, -0.25) is 0 Å². The molecule has 12 aromatic carbocycles. The van der Waals surface area contributed by atoms with E-state index in [0.717, 1.165) is 17.1 Å². The van der Waals surface area contributed by atoms with Crippen LogP contribution in [0.1, 0.15) is 79.0 Å². The van der Waals surface area contributed by atoms with Gasteiger partial charge in [0.15, 0.2) is 0 Å². The lowest BCUT2D eigenvalue weighted by atomic mass is 9.36. The van der Waals surface area contributed by atoms with Gasteiger partial charge >= 0.3 is 0 Å². The molecule has 0 aliphatic carbocycles. The standard InChI is InChI=1S/C80H70BN3SSi/c1-78(2,3)52-34-38-56(39-35-52)83-66-26-18-27-67-75(66)81(77-76(83)62-47-54(80(7,8)9)37-45-69(62)85-77)63-43-40-57(82(55-22-13-12-14-23-55)65-25-19-29-71-74(65)60-24-15-16-28-70(60)86(71,10)11)48-68(63)84(67)64-44-36-53(79(4,5)6)46-61(64)58-41-32-51-31-30-49-20-17-21-50-33-42-59(58)73(51)72(49)50/h12-48H,1-11H3. The van der Waals surface area contributed by atoms with Crippen molar-refractivity contribution in [3.63, 3.8) is 0 Å². The first-order chi connectivity index (χ1) is 41.3. The molecule has 0 spiro atoms. The van der Waals surface area contributed by atoms with Crippen LogP contribution in [-0.4, -0.2) is 14.8 Å². The highest BCUT2D eigenvalue weighted by atomic mass is 32.1. The van der Waals surface area contributed by atoms with E-state index in [1.807, 2.05) is 11.3 Å². The van der Waals surface area contributed by atoms with Crippen molar-refractivity contribution in [1.82, 2.24) is 0 Å². The van der Waals surface area contributed by atoms with Gasteiger partial charge in [0.2, 0.25) is 0 Å². The van der Waals surface area contributed by atoms with E-state index >= 15 is 0 Å². The van der Waals surface area contributed by atoms with Crippen molar-refractivity contribution in [3.8, 4) is 22.3 Å². The Bertz CT molecular complexity index is 4920. The maximum atomic E-state index is 2.68. The lowest BCUT2D eigenvalue weighted by molar-refractivity contribution is 0.590. The number of anilines is 9. The second-order valence-corrected chi connectivity index (χ2v) is 33.5. The lowest BCUT2D eigenvalue weighted by Gasteiger charge is -2.44. The van der Waals surface area contributed by atoms with E-state index in [1.54, 1.807) is 0 Å². The summed E-state index contributed by atoms with van der Waals surface area (Å²) in [6, 6.07) is 87.1. The summed E-state index contributed by atoms with van der Waals surface area (Å²) in [5, 5.41) is 12.0. The number of nitrogens with zero attached hydrogens (tertiary/aromatic N) is 3. The maximum absolute atomic E-state index is 2.68. The topological polar surface area (TPSA) is 9.72 Å². The molecule has 86 heavy (non-hydrogen) atoms. The molecule has 3 aliphatic heterocycles. The van der Waals surface area contributed by atoms with E-state index in [2.05, 4.69) is 315 Å². The highest BCUT2D eigenvalue weighted by Crippen LogP contribution is 2.53. The molecule has 0 bridgehead atoms. The van der Waals surface area contributed by atoms with Gasteiger partial charge in [-0.25, -0.2) is 0 Å². The number of hydrogen-bond acceptors (Lipinski definition) is 4. The molecule has 0 amide bonds. The van der Waals surface area contributed by atoms with Crippen LogP contribution in [-0.2, 0) is 16.2 Å². The first-order valence-corrected chi connectivity index (χ1v) is 34.6. The maximum Gasteiger partial charge on any atom is 0.264 e. The Labute approximate surface area is 512 Å². The third-order valence-electron chi connectivity index (χ3n) is 19.4. The number of para-hydroxylation sites is 1. The van der Waals surface area contributed by atoms with Crippen molar-refractivity contribution in [2.75, 3.05) is 14.7 Å². The summed E-state index contributed by atoms with van der Waals surface area (Å²) < 4.78 is 2.68. The average molecular weight is 1140 g/mol. The summed E-state index contributed by atoms with van der Waals surface area (Å²) >= 11 is 1.98. The van der Waals surface area contributed by atoms with Crippen molar-refractivity contribution >= 4 is 146 Å². The molecule has 6 heteroatoms. The molecule has 0 unspecified atom stereocenters. The van der Waals surface area contributed by atoms with Crippen molar-refractivity contribution in [1.29, 1.82) is 0 Å². The van der Waals surface area contributed by atoms with E-state index in [4.69, 9.17) is 0 Å². The van der Waals surface area contributed by atoms with Gasteiger partial charge < -0.3 is 14.7 Å². The summed E-state index contributed by atoms with van der Waals surface area (Å²) in [7, 11) is -2.03. The molecule has 0 saturated carbocycles. The van der Waals surface area contributed by atoms with E-state index < -0.39 is 8.07 Å². The van der Waals surface area contributed by atoms with Crippen LogP contribution in [0.15, 0.2) is 224 Å². The minimum Gasteiger partial charge on any atom is -0.311 e. The zero-order valence-corrected chi connectivity index (χ0v) is 53.0. The van der Waals surface area contributed by atoms with Crippen molar-refractivity contribution in [3.05, 3.63) is 241 Å². The zero-order valence-electron chi connectivity index (χ0n) is 51.2. The summed E-state index contributed by atoms with van der Waals surface area (Å²) in [5.41, 5.74) is 22.3. The van der Waals surface area contributed by atoms with Gasteiger partial charge in [0, 0.05) is 60.1 Å². The Morgan fingerprint density at radius 2 is 1.03 bits per heavy atom. The van der Waals surface area contributed by atoms with Gasteiger partial charge in [0.25, 0.3) is 6.71 Å². The molecule has 1 aromatic heterocycles. The lowest BCUT2D eigenvalue weighted by Crippen LogP contribution is -2.60. The van der Waals surface area contributed by atoms with Crippen LogP contribution in [0, 0.1) is 0 Å². The highest BCUT2D eigenvalue weighted by Gasteiger charge is 2.47. The normalized spacial score (nSPS) is 14.2. The highest BCUT2D eigenvalue weighted by molar-refractivity contribution is 7.33. The Morgan fingerprint density at radius 3 is 1.78 bits per heavy atom. The van der Waals surface area contributed by atoms with E-state index in [9.17, 15) is 0 Å². The van der Waals surface area contributed by atoms with E-state index in [-0.39, 0.29) is 23.0 Å².